The van der Waals surface area contributed by atoms with Crippen molar-refractivity contribution in [3.8, 4) is 0 Å². The van der Waals surface area contributed by atoms with Crippen LogP contribution in [0.1, 0.15) is 126 Å². The second kappa shape index (κ2) is 23.1. The highest BCUT2D eigenvalue weighted by Gasteiger charge is 2.19. The van der Waals surface area contributed by atoms with Crippen molar-refractivity contribution in [2.75, 3.05) is 7.11 Å². The molecule has 0 radical (unpaired) electrons. The summed E-state index contributed by atoms with van der Waals surface area (Å²) in [6.07, 6.45) is 2.52. The Morgan fingerprint density at radius 2 is 0.769 bits per heavy atom. The summed E-state index contributed by atoms with van der Waals surface area (Å²) in [6.45, 7) is 18.3. The summed E-state index contributed by atoms with van der Waals surface area (Å²) >= 11 is 0. The molecule has 8 nitrogen and oxygen atoms in total. The van der Waals surface area contributed by atoms with Crippen LogP contribution in [0.4, 0.5) is 0 Å². The van der Waals surface area contributed by atoms with E-state index in [1.165, 1.54) is 23.8 Å². The van der Waals surface area contributed by atoms with Gasteiger partial charge in [0.2, 0.25) is 0 Å². The van der Waals surface area contributed by atoms with E-state index in [0.29, 0.717) is 17.8 Å². The third-order valence-corrected chi connectivity index (χ3v) is 8.58. The molecule has 0 bridgehead atoms. The van der Waals surface area contributed by atoms with Crippen LogP contribution in [0.15, 0.2) is 72.8 Å². The van der Waals surface area contributed by atoms with Gasteiger partial charge in [-0.25, -0.2) is 0 Å². The Balaban J connectivity index is 0.000000393. The molecule has 3 atom stereocenters. The van der Waals surface area contributed by atoms with Gasteiger partial charge in [0.25, 0.3) is 0 Å². The van der Waals surface area contributed by atoms with Crippen LogP contribution in [0.25, 0.3) is 0 Å². The zero-order chi connectivity index (χ0) is 39.5. The van der Waals surface area contributed by atoms with Crippen LogP contribution in [0.2, 0.25) is 0 Å². The molecule has 0 saturated heterocycles. The maximum Gasteiger partial charge on any atom is 0.313 e. The Labute approximate surface area is 311 Å². The monoisotopic (exact) mass is 716 g/mol. The summed E-state index contributed by atoms with van der Waals surface area (Å²) in [4.78, 5) is 55.9. The van der Waals surface area contributed by atoms with E-state index in [0.717, 1.165) is 36.0 Å². The number of carboxylic acids is 2. The average molecular weight is 717 g/mol. The zero-order valence-electron chi connectivity index (χ0n) is 32.8. The van der Waals surface area contributed by atoms with Crippen molar-refractivity contribution >= 4 is 29.5 Å². The molecular formula is C44H60O8. The molecule has 0 aliphatic heterocycles. The first kappa shape index (κ1) is 45.4. The molecule has 284 valence electrons. The SMILES string of the molecule is CC(C)Cc1ccc(C(C)C(=O)CC(=O)O)cc1.CC(C)Cc1ccc([C@@H](C)C(=O)O)cc1.COC(=O)CC(=O)[C@H](C)c1ccc(CC(C)C)cc1. The summed E-state index contributed by atoms with van der Waals surface area (Å²) in [5, 5.41) is 17.5. The molecule has 0 spiro atoms. The number of carbonyl (C=O) groups is 5. The molecule has 0 aliphatic rings. The molecule has 0 amide bonds. The Kier molecular flexibility index (Phi) is 20.2. The Hall–Kier alpha value is -4.59. The van der Waals surface area contributed by atoms with Gasteiger partial charge in [0.1, 0.15) is 12.8 Å². The molecule has 3 rings (SSSR count). The molecule has 0 aliphatic carbocycles. The molecule has 3 aromatic carbocycles. The van der Waals surface area contributed by atoms with Crippen LogP contribution in [0, 0.1) is 17.8 Å². The van der Waals surface area contributed by atoms with Crippen molar-refractivity contribution in [1.82, 2.24) is 0 Å². The molecule has 1 unspecified atom stereocenters. The van der Waals surface area contributed by atoms with E-state index in [1.54, 1.807) is 13.8 Å². The lowest BCUT2D eigenvalue weighted by molar-refractivity contribution is -0.144. The number of ketones is 2. The molecule has 52 heavy (non-hydrogen) atoms. The highest BCUT2D eigenvalue weighted by atomic mass is 16.5. The van der Waals surface area contributed by atoms with Gasteiger partial charge in [-0.15, -0.1) is 0 Å². The largest absolute Gasteiger partial charge is 0.481 e. The van der Waals surface area contributed by atoms with Gasteiger partial charge in [-0.05, 0) is 77.3 Å². The third-order valence-electron chi connectivity index (χ3n) is 8.58. The first-order valence-electron chi connectivity index (χ1n) is 18.2. The molecule has 0 heterocycles. The first-order valence-corrected chi connectivity index (χ1v) is 18.2. The van der Waals surface area contributed by atoms with E-state index < -0.39 is 30.2 Å². The summed E-state index contributed by atoms with van der Waals surface area (Å²) in [6, 6.07) is 23.8. The standard InChI is InChI=1S/C16H22O3.C15H20O3.C13H18O2/c1-11(2)9-13-5-7-14(8-6-13)12(3)15(17)10-16(18)19-4;1-10(2)8-12-4-6-13(7-5-12)11(3)14(16)9-15(17)18;1-9(2)8-11-4-6-12(7-5-11)10(3)13(14)15/h5-8,11-12H,9-10H2,1-4H3;4-7,10-11H,8-9H2,1-3H3,(H,17,18);4-7,9-10H,8H2,1-3H3,(H,14,15)/t12-;;10-/m1.1/s1. The number of methoxy groups -OCH3 is 1. The van der Waals surface area contributed by atoms with Gasteiger partial charge in [0.05, 0.1) is 13.0 Å². The van der Waals surface area contributed by atoms with Crippen LogP contribution in [-0.4, -0.2) is 46.8 Å². The van der Waals surface area contributed by atoms with Crippen LogP contribution in [0.3, 0.4) is 0 Å². The van der Waals surface area contributed by atoms with E-state index >= 15 is 0 Å². The quantitative estimate of drug-likeness (QED) is 0.111. The number of esters is 1. The minimum atomic E-state index is -1.07. The molecule has 0 fully saturated rings. The Morgan fingerprint density at radius 3 is 1.02 bits per heavy atom. The van der Waals surface area contributed by atoms with Crippen molar-refractivity contribution in [3.05, 3.63) is 106 Å². The maximum atomic E-state index is 11.9. The number of ether oxygens (including phenoxy) is 1. The molecule has 3 aromatic rings. The molecule has 2 N–H and O–H groups in total. The van der Waals surface area contributed by atoms with Crippen molar-refractivity contribution in [3.63, 3.8) is 0 Å². The fourth-order valence-electron chi connectivity index (χ4n) is 5.43. The number of hydrogen-bond acceptors (Lipinski definition) is 6. The Bertz CT molecular complexity index is 1550. The van der Waals surface area contributed by atoms with E-state index in [2.05, 4.69) is 58.4 Å². The fraction of sp³-hybridized carbons (Fsp3) is 0.477. The Morgan fingerprint density at radius 1 is 0.481 bits per heavy atom. The summed E-state index contributed by atoms with van der Waals surface area (Å²) < 4.78 is 4.51. The topological polar surface area (TPSA) is 135 Å². The van der Waals surface area contributed by atoms with Gasteiger partial charge in [0, 0.05) is 11.8 Å². The minimum Gasteiger partial charge on any atom is -0.481 e. The molecule has 0 saturated carbocycles. The van der Waals surface area contributed by atoms with E-state index in [1.807, 2.05) is 67.6 Å². The van der Waals surface area contributed by atoms with Gasteiger partial charge in [0.15, 0.2) is 11.6 Å². The number of aliphatic carboxylic acids is 2. The van der Waals surface area contributed by atoms with Gasteiger partial charge < -0.3 is 14.9 Å². The first-order chi connectivity index (χ1) is 24.3. The second-order valence-corrected chi connectivity index (χ2v) is 14.8. The number of Topliss-reactive ketones (excluding diaryl/α,β-unsaturated/α-hetero) is 2. The normalized spacial score (nSPS) is 12.5. The summed E-state index contributed by atoms with van der Waals surface area (Å²) in [5.74, 6) is -1.87. The van der Waals surface area contributed by atoms with E-state index in [9.17, 15) is 24.0 Å². The number of carbonyl (C=O) groups excluding carboxylic acids is 3. The van der Waals surface area contributed by atoms with Gasteiger partial charge in [-0.1, -0.05) is 128 Å². The maximum absolute atomic E-state index is 11.9. The van der Waals surface area contributed by atoms with Crippen molar-refractivity contribution in [2.24, 2.45) is 17.8 Å². The molecule has 8 heteroatoms. The predicted molar refractivity (Wildman–Crippen MR) is 207 cm³/mol. The van der Waals surface area contributed by atoms with Crippen molar-refractivity contribution < 1.29 is 38.9 Å². The number of carboxylic acid groups (broad SMARTS) is 2. The minimum absolute atomic E-state index is 0.108. The number of rotatable bonds is 16. The predicted octanol–water partition coefficient (Wildman–Crippen LogP) is 9.23. The highest BCUT2D eigenvalue weighted by Crippen LogP contribution is 2.21. The van der Waals surface area contributed by atoms with E-state index in [4.69, 9.17) is 10.2 Å². The second-order valence-electron chi connectivity index (χ2n) is 14.8. The van der Waals surface area contributed by atoms with Crippen molar-refractivity contribution in [1.29, 1.82) is 0 Å². The third kappa shape index (κ3) is 17.6. The number of benzene rings is 3. The fourth-order valence-corrected chi connectivity index (χ4v) is 5.43. The van der Waals surface area contributed by atoms with Crippen LogP contribution < -0.4 is 0 Å². The molecule has 0 aromatic heterocycles. The van der Waals surface area contributed by atoms with Gasteiger partial charge in [-0.2, -0.15) is 0 Å². The van der Waals surface area contributed by atoms with Crippen LogP contribution in [-0.2, 0) is 48.0 Å². The lowest BCUT2D eigenvalue weighted by Gasteiger charge is -2.11. The van der Waals surface area contributed by atoms with E-state index in [-0.39, 0.29) is 29.8 Å². The van der Waals surface area contributed by atoms with Crippen molar-refractivity contribution in [2.45, 2.75) is 112 Å². The van der Waals surface area contributed by atoms with Gasteiger partial charge in [-0.3, -0.25) is 24.0 Å². The summed E-state index contributed by atoms with van der Waals surface area (Å²) in [5.41, 5.74) is 6.48. The zero-order valence-corrected chi connectivity index (χ0v) is 32.8. The lowest BCUT2D eigenvalue weighted by Crippen LogP contribution is -2.15. The average Bonchev–Trinajstić information content (AvgIpc) is 3.07. The smallest absolute Gasteiger partial charge is 0.313 e. The van der Waals surface area contributed by atoms with Crippen LogP contribution in [0.5, 0.6) is 0 Å². The van der Waals surface area contributed by atoms with Gasteiger partial charge >= 0.3 is 17.9 Å². The summed E-state index contributed by atoms with van der Waals surface area (Å²) in [7, 11) is 1.29. The van der Waals surface area contributed by atoms with Crippen LogP contribution >= 0.6 is 0 Å². The lowest BCUT2D eigenvalue weighted by atomic mass is 9.93. The highest BCUT2D eigenvalue weighted by molar-refractivity contribution is 5.99. The number of hydrogen-bond donors (Lipinski definition) is 2. The molecular weight excluding hydrogens is 656 g/mol.